The van der Waals surface area contributed by atoms with E-state index in [9.17, 15) is 9.59 Å². The van der Waals surface area contributed by atoms with Crippen molar-refractivity contribution in [2.24, 2.45) is 22.4 Å². The molecule has 0 aromatic rings. The summed E-state index contributed by atoms with van der Waals surface area (Å²) in [5, 5.41) is 8.62. The van der Waals surface area contributed by atoms with Gasteiger partial charge in [-0.2, -0.15) is 0 Å². The van der Waals surface area contributed by atoms with Gasteiger partial charge in [-0.3, -0.25) is 14.6 Å². The third-order valence-electron chi connectivity index (χ3n) is 3.29. The first kappa shape index (κ1) is 14.8. The molecule has 1 heterocycles. The molecule has 1 aliphatic rings. The molecule has 0 saturated heterocycles. The molecule has 102 valence electrons. The van der Waals surface area contributed by atoms with Crippen molar-refractivity contribution in [2.75, 3.05) is 0 Å². The predicted octanol–water partition coefficient (Wildman–Crippen LogP) is -0.0558. The number of carbonyl (C=O) groups excluding carboxylic acids is 1. The van der Waals surface area contributed by atoms with Gasteiger partial charge in [0.1, 0.15) is 12.1 Å². The highest BCUT2D eigenvalue weighted by atomic mass is 16.4. The molecule has 1 unspecified atom stereocenters. The number of hydrogen-bond acceptors (Lipinski definition) is 5. The van der Waals surface area contributed by atoms with Gasteiger partial charge in [0.2, 0.25) is 0 Å². The molecule has 6 heteroatoms. The van der Waals surface area contributed by atoms with Gasteiger partial charge in [0, 0.05) is 0 Å². The minimum atomic E-state index is -1.02. The van der Waals surface area contributed by atoms with E-state index in [1.165, 1.54) is 0 Å². The lowest BCUT2D eigenvalue weighted by Gasteiger charge is -2.17. The molecule has 0 saturated carbocycles. The molecule has 4 atom stereocenters. The second-order valence-electron chi connectivity index (χ2n) is 4.87. The van der Waals surface area contributed by atoms with Crippen LogP contribution in [0.15, 0.2) is 4.99 Å². The maximum absolute atomic E-state index is 12.0. The van der Waals surface area contributed by atoms with Crippen LogP contribution in [0.2, 0.25) is 0 Å². The Labute approximate surface area is 106 Å². The second kappa shape index (κ2) is 6.61. The van der Waals surface area contributed by atoms with Crippen LogP contribution < -0.4 is 11.5 Å². The summed E-state index contributed by atoms with van der Waals surface area (Å²) >= 11 is 0. The fraction of sp³-hybridized carbons (Fsp3) is 0.750. The number of aliphatic carboxylic acids is 1. The van der Waals surface area contributed by atoms with Crippen LogP contribution >= 0.6 is 0 Å². The molecule has 18 heavy (non-hydrogen) atoms. The van der Waals surface area contributed by atoms with Crippen LogP contribution in [0.3, 0.4) is 0 Å². The topological polar surface area (TPSA) is 119 Å². The van der Waals surface area contributed by atoms with Gasteiger partial charge in [-0.25, -0.2) is 0 Å². The highest BCUT2D eigenvalue weighted by molar-refractivity contribution is 5.91. The number of aliphatic imine (C=N–C) groups is 1. The molecular weight excluding hydrogens is 234 g/mol. The first-order chi connectivity index (χ1) is 8.43. The average Bonchev–Trinajstić information content (AvgIpc) is 2.73. The van der Waals surface area contributed by atoms with Crippen LogP contribution in [0.4, 0.5) is 0 Å². The molecule has 0 radical (unpaired) electrons. The summed E-state index contributed by atoms with van der Waals surface area (Å²) in [6, 6.07) is -1.78. The number of carbonyl (C=O) groups is 2. The van der Waals surface area contributed by atoms with Crippen molar-refractivity contribution in [3.63, 3.8) is 0 Å². The largest absolute Gasteiger partial charge is 0.480 e. The van der Waals surface area contributed by atoms with Gasteiger partial charge >= 0.3 is 5.97 Å². The molecule has 0 fully saturated rings. The van der Waals surface area contributed by atoms with E-state index in [0.29, 0.717) is 19.3 Å². The van der Waals surface area contributed by atoms with Crippen molar-refractivity contribution >= 4 is 18.0 Å². The maximum atomic E-state index is 12.0. The molecule has 6 nitrogen and oxygen atoms in total. The summed E-state index contributed by atoms with van der Waals surface area (Å²) in [5.41, 5.74) is 11.2. The Kier molecular flexibility index (Phi) is 5.43. The van der Waals surface area contributed by atoms with Crippen LogP contribution in [-0.4, -0.2) is 41.2 Å². The van der Waals surface area contributed by atoms with Crippen LogP contribution in [0.1, 0.15) is 32.6 Å². The molecule has 1 rings (SSSR count). The molecule has 0 aromatic heterocycles. The van der Waals surface area contributed by atoms with Crippen LogP contribution in [0.25, 0.3) is 0 Å². The number of ketones is 1. The summed E-state index contributed by atoms with van der Waals surface area (Å²) in [7, 11) is 0. The van der Waals surface area contributed by atoms with Crippen molar-refractivity contribution in [1.29, 1.82) is 0 Å². The zero-order valence-corrected chi connectivity index (χ0v) is 10.6. The number of rotatable bonds is 7. The van der Waals surface area contributed by atoms with E-state index in [4.69, 9.17) is 16.6 Å². The van der Waals surface area contributed by atoms with Gasteiger partial charge < -0.3 is 16.6 Å². The van der Waals surface area contributed by atoms with Crippen LogP contribution in [0, 0.1) is 5.92 Å². The van der Waals surface area contributed by atoms with Gasteiger partial charge in [-0.05, 0) is 37.8 Å². The van der Waals surface area contributed by atoms with Crippen molar-refractivity contribution in [3.8, 4) is 0 Å². The zero-order chi connectivity index (χ0) is 13.7. The van der Waals surface area contributed by atoms with Crippen molar-refractivity contribution in [3.05, 3.63) is 0 Å². The van der Waals surface area contributed by atoms with Gasteiger partial charge in [-0.15, -0.1) is 0 Å². The Hall–Kier alpha value is -1.27. The minimum Gasteiger partial charge on any atom is -0.480 e. The number of nitrogens with zero attached hydrogens (tertiary/aromatic N) is 1. The summed E-state index contributed by atoms with van der Waals surface area (Å²) in [5.74, 6) is -0.867. The molecular formula is C12H21N3O3. The van der Waals surface area contributed by atoms with Crippen molar-refractivity contribution < 1.29 is 14.7 Å². The number of carboxylic acid groups (broad SMARTS) is 1. The number of Topliss-reactive ketones (excluding diaryl/α,β-unsaturated/α-hetero) is 1. The van der Waals surface area contributed by atoms with Crippen LogP contribution in [-0.2, 0) is 9.59 Å². The Morgan fingerprint density at radius 2 is 2.00 bits per heavy atom. The van der Waals surface area contributed by atoms with Crippen molar-refractivity contribution in [1.82, 2.24) is 0 Å². The summed E-state index contributed by atoms with van der Waals surface area (Å²) in [6.07, 6.45) is 3.90. The van der Waals surface area contributed by atoms with Gasteiger partial charge in [-0.1, -0.05) is 6.92 Å². The van der Waals surface area contributed by atoms with E-state index in [2.05, 4.69) is 4.99 Å². The Morgan fingerprint density at radius 3 is 2.50 bits per heavy atom. The van der Waals surface area contributed by atoms with Crippen LogP contribution in [0.5, 0.6) is 0 Å². The fourth-order valence-corrected chi connectivity index (χ4v) is 2.01. The molecule has 0 aliphatic carbocycles. The highest BCUT2D eigenvalue weighted by Gasteiger charge is 2.30. The van der Waals surface area contributed by atoms with E-state index >= 15 is 0 Å². The standard InChI is InChI=1S/C12H21N3O3/c1-7-5-6-15-10(7)11(16)8(13)3-2-4-9(14)12(17)18/h6-10H,2-5,13-14H2,1H3,(H,17,18)/t7-,8?,9+,10-/m1/s1. The van der Waals surface area contributed by atoms with Gasteiger partial charge in [0.15, 0.2) is 5.78 Å². The smallest absolute Gasteiger partial charge is 0.320 e. The summed E-state index contributed by atoms with van der Waals surface area (Å²) in [4.78, 5) is 26.6. The van der Waals surface area contributed by atoms with Gasteiger partial charge in [0.25, 0.3) is 0 Å². The SMILES string of the molecule is C[C@@H]1CC=N[C@H]1C(=O)C(N)CCC[C@H](N)C(=O)O. The normalized spacial score (nSPS) is 25.9. The van der Waals surface area contributed by atoms with E-state index in [1.54, 1.807) is 6.21 Å². The second-order valence-corrected chi connectivity index (χ2v) is 4.87. The lowest BCUT2D eigenvalue weighted by atomic mass is 9.92. The predicted molar refractivity (Wildman–Crippen MR) is 68.5 cm³/mol. The summed E-state index contributed by atoms with van der Waals surface area (Å²) in [6.45, 7) is 1.97. The number of nitrogens with two attached hydrogens (primary N) is 2. The Balaban J connectivity index is 2.32. The van der Waals surface area contributed by atoms with E-state index in [1.807, 2.05) is 6.92 Å². The quantitative estimate of drug-likeness (QED) is 0.589. The fourth-order valence-electron chi connectivity index (χ4n) is 2.01. The molecule has 0 amide bonds. The average molecular weight is 255 g/mol. The van der Waals surface area contributed by atoms with E-state index in [-0.39, 0.29) is 17.7 Å². The third kappa shape index (κ3) is 3.89. The first-order valence-electron chi connectivity index (χ1n) is 6.22. The first-order valence-corrected chi connectivity index (χ1v) is 6.22. The molecule has 1 aliphatic heterocycles. The maximum Gasteiger partial charge on any atom is 0.320 e. The highest BCUT2D eigenvalue weighted by Crippen LogP contribution is 2.19. The van der Waals surface area contributed by atoms with Gasteiger partial charge in [0.05, 0.1) is 6.04 Å². The molecule has 5 N–H and O–H groups in total. The number of carboxylic acids is 1. The third-order valence-corrected chi connectivity index (χ3v) is 3.29. The van der Waals surface area contributed by atoms with Crippen molar-refractivity contribution in [2.45, 2.75) is 50.7 Å². The molecule has 0 aromatic carbocycles. The lowest BCUT2D eigenvalue weighted by molar-refractivity contribution is -0.138. The Bertz CT molecular complexity index is 343. The molecule has 0 bridgehead atoms. The van der Waals surface area contributed by atoms with E-state index < -0.39 is 18.1 Å². The molecule has 0 spiro atoms. The monoisotopic (exact) mass is 255 g/mol. The minimum absolute atomic E-state index is 0.0554. The lowest BCUT2D eigenvalue weighted by Crippen LogP contribution is -2.39. The summed E-state index contributed by atoms with van der Waals surface area (Å²) < 4.78 is 0. The zero-order valence-electron chi connectivity index (χ0n) is 10.6. The Morgan fingerprint density at radius 1 is 1.39 bits per heavy atom. The van der Waals surface area contributed by atoms with E-state index in [0.717, 1.165) is 6.42 Å². The number of hydrogen-bond donors (Lipinski definition) is 3.